The van der Waals surface area contributed by atoms with Crippen molar-refractivity contribution in [3.8, 4) is 5.75 Å². The van der Waals surface area contributed by atoms with Gasteiger partial charge in [-0.3, -0.25) is 4.79 Å². The number of benzene rings is 1. The Hall–Kier alpha value is -2.29. The van der Waals surface area contributed by atoms with Crippen molar-refractivity contribution >= 4 is 11.5 Å². The first kappa shape index (κ1) is 12.2. The minimum Gasteiger partial charge on any atom is -0.454 e. The van der Waals surface area contributed by atoms with Gasteiger partial charge in [0.1, 0.15) is 5.76 Å². The Balaban J connectivity index is 2.32. The highest BCUT2D eigenvalue weighted by Gasteiger charge is 2.16. The number of ether oxygens (including phenoxy) is 1. The zero-order valence-electron chi connectivity index (χ0n) is 10.5. The normalized spacial score (nSPS) is 15.2. The average molecular weight is 241 g/mol. The van der Waals surface area contributed by atoms with E-state index >= 15 is 0 Å². The van der Waals surface area contributed by atoms with E-state index in [-0.39, 0.29) is 5.78 Å². The quantitative estimate of drug-likeness (QED) is 0.810. The highest BCUT2D eigenvalue weighted by molar-refractivity contribution is 6.02. The monoisotopic (exact) mass is 241 g/mol. The lowest BCUT2D eigenvalue weighted by molar-refractivity contribution is -0.110. The molecule has 0 aromatic heterocycles. The molecule has 1 aromatic carbocycles. The third-order valence-corrected chi connectivity index (χ3v) is 2.91. The van der Waals surface area contributed by atoms with Crippen molar-refractivity contribution in [2.75, 3.05) is 5.73 Å². The molecule has 0 amide bonds. The number of rotatable bonds is 2. The van der Waals surface area contributed by atoms with Crippen LogP contribution in [0.25, 0.3) is 0 Å². The van der Waals surface area contributed by atoms with Crippen LogP contribution < -0.4 is 10.5 Å². The Kier molecular flexibility index (Phi) is 3.06. The number of carbonyl (C=O) groups excluding carboxylic acids is 1. The SMILES string of the molecule is C=C1C(C)=CC(=O)C=C1Oc1cccc(C)c1N. The van der Waals surface area contributed by atoms with Gasteiger partial charge in [-0.2, -0.15) is 0 Å². The molecule has 1 aromatic rings. The van der Waals surface area contributed by atoms with Gasteiger partial charge in [0.15, 0.2) is 11.5 Å². The molecule has 0 radical (unpaired) electrons. The van der Waals surface area contributed by atoms with E-state index in [2.05, 4.69) is 6.58 Å². The molecular formula is C15H15NO2. The predicted molar refractivity (Wildman–Crippen MR) is 72.2 cm³/mol. The van der Waals surface area contributed by atoms with Crippen molar-refractivity contribution in [3.05, 3.63) is 59.4 Å². The van der Waals surface area contributed by atoms with E-state index in [1.165, 1.54) is 12.2 Å². The van der Waals surface area contributed by atoms with Crippen LogP contribution in [0.4, 0.5) is 5.69 Å². The molecule has 0 bridgehead atoms. The third kappa shape index (κ3) is 2.20. The average Bonchev–Trinajstić information content (AvgIpc) is 2.31. The lowest BCUT2D eigenvalue weighted by Crippen LogP contribution is -2.09. The van der Waals surface area contributed by atoms with E-state index < -0.39 is 0 Å². The summed E-state index contributed by atoms with van der Waals surface area (Å²) in [5, 5.41) is 0. The molecular weight excluding hydrogens is 226 g/mol. The van der Waals surface area contributed by atoms with Crippen LogP contribution in [0.1, 0.15) is 12.5 Å². The molecule has 1 aliphatic carbocycles. The summed E-state index contributed by atoms with van der Waals surface area (Å²) in [6.07, 6.45) is 2.96. The number of allylic oxidation sites excluding steroid dienone is 3. The number of aryl methyl sites for hydroxylation is 1. The van der Waals surface area contributed by atoms with Gasteiger partial charge in [0.25, 0.3) is 0 Å². The maximum atomic E-state index is 11.5. The number of nitrogens with two attached hydrogens (primary N) is 1. The van der Waals surface area contributed by atoms with Gasteiger partial charge in [0.05, 0.1) is 5.69 Å². The van der Waals surface area contributed by atoms with Crippen molar-refractivity contribution in [2.24, 2.45) is 0 Å². The van der Waals surface area contributed by atoms with Crippen molar-refractivity contribution in [2.45, 2.75) is 13.8 Å². The van der Waals surface area contributed by atoms with Gasteiger partial charge in [-0.15, -0.1) is 0 Å². The summed E-state index contributed by atoms with van der Waals surface area (Å²) < 4.78 is 5.69. The van der Waals surface area contributed by atoms with Crippen molar-refractivity contribution < 1.29 is 9.53 Å². The summed E-state index contributed by atoms with van der Waals surface area (Å²) in [4.78, 5) is 11.5. The first-order valence-corrected chi connectivity index (χ1v) is 5.65. The largest absolute Gasteiger partial charge is 0.454 e. The van der Waals surface area contributed by atoms with Crippen LogP contribution in [0.5, 0.6) is 5.75 Å². The highest BCUT2D eigenvalue weighted by Crippen LogP contribution is 2.30. The minimum atomic E-state index is -0.0962. The molecule has 18 heavy (non-hydrogen) atoms. The van der Waals surface area contributed by atoms with E-state index in [0.29, 0.717) is 22.8 Å². The number of nitrogen functional groups attached to an aromatic ring is 1. The molecule has 2 N–H and O–H groups in total. The second kappa shape index (κ2) is 4.53. The standard InChI is InChI=1S/C15H15NO2/c1-9-5-4-6-13(15(9)16)18-14-8-12(17)7-10(2)11(14)3/h4-8H,3,16H2,1-2H3. The van der Waals surface area contributed by atoms with E-state index in [0.717, 1.165) is 11.1 Å². The zero-order valence-corrected chi connectivity index (χ0v) is 10.5. The van der Waals surface area contributed by atoms with Crippen molar-refractivity contribution in [1.82, 2.24) is 0 Å². The van der Waals surface area contributed by atoms with Crippen molar-refractivity contribution in [1.29, 1.82) is 0 Å². The molecule has 2 rings (SSSR count). The Labute approximate surface area is 106 Å². The molecule has 3 heteroatoms. The smallest absolute Gasteiger partial charge is 0.182 e. The topological polar surface area (TPSA) is 52.3 Å². The molecule has 0 saturated heterocycles. The van der Waals surface area contributed by atoms with E-state index in [9.17, 15) is 4.79 Å². The zero-order chi connectivity index (χ0) is 13.3. The van der Waals surface area contributed by atoms with E-state index in [1.807, 2.05) is 26.0 Å². The van der Waals surface area contributed by atoms with Crippen LogP contribution in [-0.4, -0.2) is 5.78 Å². The fraction of sp³-hybridized carbons (Fsp3) is 0.133. The maximum absolute atomic E-state index is 11.5. The van der Waals surface area contributed by atoms with Gasteiger partial charge in [0.2, 0.25) is 0 Å². The second-order valence-electron chi connectivity index (χ2n) is 4.31. The lowest BCUT2D eigenvalue weighted by atomic mass is 10.0. The van der Waals surface area contributed by atoms with Crippen LogP contribution in [0.3, 0.4) is 0 Å². The van der Waals surface area contributed by atoms with Crippen LogP contribution in [0, 0.1) is 6.92 Å². The fourth-order valence-corrected chi connectivity index (χ4v) is 1.71. The lowest BCUT2D eigenvalue weighted by Gasteiger charge is -2.17. The Morgan fingerprint density at radius 1 is 1.22 bits per heavy atom. The Bertz CT molecular complexity index is 595. The van der Waals surface area contributed by atoms with Gasteiger partial charge in [0, 0.05) is 11.6 Å². The van der Waals surface area contributed by atoms with Crippen LogP contribution in [0.15, 0.2) is 53.8 Å². The molecule has 0 saturated carbocycles. The second-order valence-corrected chi connectivity index (χ2v) is 4.31. The molecule has 0 unspecified atom stereocenters. The first-order valence-electron chi connectivity index (χ1n) is 5.65. The van der Waals surface area contributed by atoms with Gasteiger partial charge in [-0.05, 0) is 37.1 Å². The summed E-state index contributed by atoms with van der Waals surface area (Å²) >= 11 is 0. The van der Waals surface area contributed by atoms with Crippen LogP contribution in [-0.2, 0) is 4.79 Å². The number of para-hydroxylation sites is 1. The molecule has 1 aliphatic rings. The fourth-order valence-electron chi connectivity index (χ4n) is 1.71. The number of anilines is 1. The van der Waals surface area contributed by atoms with Gasteiger partial charge < -0.3 is 10.5 Å². The van der Waals surface area contributed by atoms with Gasteiger partial charge >= 0.3 is 0 Å². The molecule has 3 nitrogen and oxygen atoms in total. The Morgan fingerprint density at radius 2 is 1.94 bits per heavy atom. The number of hydrogen-bond acceptors (Lipinski definition) is 3. The summed E-state index contributed by atoms with van der Waals surface area (Å²) in [5.41, 5.74) is 8.96. The molecule has 0 fully saturated rings. The van der Waals surface area contributed by atoms with E-state index in [1.54, 1.807) is 6.07 Å². The summed E-state index contributed by atoms with van der Waals surface area (Å²) in [6.45, 7) is 7.64. The van der Waals surface area contributed by atoms with Gasteiger partial charge in [-0.25, -0.2) is 0 Å². The van der Waals surface area contributed by atoms with Crippen LogP contribution in [0.2, 0.25) is 0 Å². The molecule has 0 spiro atoms. The molecule has 0 aliphatic heterocycles. The predicted octanol–water partition coefficient (Wildman–Crippen LogP) is 2.93. The third-order valence-electron chi connectivity index (χ3n) is 2.91. The number of hydrogen-bond donors (Lipinski definition) is 1. The van der Waals surface area contributed by atoms with Crippen molar-refractivity contribution in [3.63, 3.8) is 0 Å². The molecule has 0 atom stereocenters. The van der Waals surface area contributed by atoms with E-state index in [4.69, 9.17) is 10.5 Å². The first-order chi connectivity index (χ1) is 8.49. The summed E-state index contributed by atoms with van der Waals surface area (Å²) in [7, 11) is 0. The molecule has 92 valence electrons. The summed E-state index contributed by atoms with van der Waals surface area (Å²) in [6, 6.07) is 5.54. The molecule has 0 heterocycles. The number of ketones is 1. The Morgan fingerprint density at radius 3 is 2.67 bits per heavy atom. The number of carbonyl (C=O) groups is 1. The van der Waals surface area contributed by atoms with Crippen LogP contribution >= 0.6 is 0 Å². The van der Waals surface area contributed by atoms with Gasteiger partial charge in [-0.1, -0.05) is 18.7 Å². The minimum absolute atomic E-state index is 0.0962. The highest BCUT2D eigenvalue weighted by atomic mass is 16.5. The maximum Gasteiger partial charge on any atom is 0.182 e. The summed E-state index contributed by atoms with van der Waals surface area (Å²) in [5.74, 6) is 0.906.